The summed E-state index contributed by atoms with van der Waals surface area (Å²) in [5.74, 6) is -0.331. The third-order valence-corrected chi connectivity index (χ3v) is 4.53. The Hall–Kier alpha value is -1.91. The van der Waals surface area contributed by atoms with Gasteiger partial charge in [0.05, 0.1) is 0 Å². The van der Waals surface area contributed by atoms with E-state index >= 15 is 0 Å². The molecule has 3 nitrogen and oxygen atoms in total. The van der Waals surface area contributed by atoms with Crippen molar-refractivity contribution in [2.24, 2.45) is 5.73 Å². The fourth-order valence-corrected chi connectivity index (χ4v) is 3.02. The molecule has 0 aromatic heterocycles. The molecular formula is C18H18ClFN2O. The zero-order valence-corrected chi connectivity index (χ0v) is 13.4. The van der Waals surface area contributed by atoms with Crippen molar-refractivity contribution in [3.05, 3.63) is 58.9 Å². The molecule has 120 valence electrons. The number of piperidine rings is 1. The van der Waals surface area contributed by atoms with E-state index < -0.39 is 0 Å². The molecule has 1 amide bonds. The summed E-state index contributed by atoms with van der Waals surface area (Å²) in [6.07, 6.45) is 1.67. The first-order valence-electron chi connectivity index (χ1n) is 7.65. The minimum absolute atomic E-state index is 0.00814. The number of amides is 1. The molecule has 3 rings (SSSR count). The average Bonchev–Trinajstić information content (AvgIpc) is 2.57. The van der Waals surface area contributed by atoms with Crippen LogP contribution in [-0.2, 0) is 0 Å². The zero-order chi connectivity index (χ0) is 16.4. The van der Waals surface area contributed by atoms with Crippen molar-refractivity contribution in [2.75, 3.05) is 13.1 Å². The summed E-state index contributed by atoms with van der Waals surface area (Å²) in [6.45, 7) is 1.38. The van der Waals surface area contributed by atoms with Crippen molar-refractivity contribution in [1.29, 1.82) is 0 Å². The van der Waals surface area contributed by atoms with Crippen LogP contribution in [0.4, 0.5) is 4.39 Å². The Morgan fingerprint density at radius 1 is 1.13 bits per heavy atom. The van der Waals surface area contributed by atoms with E-state index in [1.807, 2.05) is 4.90 Å². The van der Waals surface area contributed by atoms with Gasteiger partial charge in [0.2, 0.25) is 0 Å². The van der Waals surface area contributed by atoms with Gasteiger partial charge < -0.3 is 10.6 Å². The van der Waals surface area contributed by atoms with Gasteiger partial charge in [-0.1, -0.05) is 23.7 Å². The number of carbonyl (C=O) groups excluding carboxylic acids is 1. The highest BCUT2D eigenvalue weighted by Crippen LogP contribution is 2.29. The Morgan fingerprint density at radius 3 is 2.43 bits per heavy atom. The summed E-state index contributed by atoms with van der Waals surface area (Å²) in [6, 6.07) is 11.5. The van der Waals surface area contributed by atoms with Gasteiger partial charge in [-0.2, -0.15) is 0 Å². The second-order valence-corrected chi connectivity index (χ2v) is 6.24. The third kappa shape index (κ3) is 3.54. The molecular weight excluding hydrogens is 315 g/mol. The van der Waals surface area contributed by atoms with Crippen LogP contribution in [0.5, 0.6) is 0 Å². The van der Waals surface area contributed by atoms with Crippen LogP contribution in [0.2, 0.25) is 5.02 Å². The lowest BCUT2D eigenvalue weighted by Gasteiger charge is -2.30. The monoisotopic (exact) mass is 332 g/mol. The van der Waals surface area contributed by atoms with E-state index in [1.54, 1.807) is 24.3 Å². The molecule has 0 bridgehead atoms. The van der Waals surface area contributed by atoms with Gasteiger partial charge in [0.1, 0.15) is 5.82 Å². The molecule has 2 aromatic carbocycles. The fraction of sp³-hybridized carbons (Fsp3) is 0.278. The Bertz CT molecular complexity index is 709. The van der Waals surface area contributed by atoms with Gasteiger partial charge in [-0.05, 0) is 48.7 Å². The molecule has 0 radical (unpaired) electrons. The smallest absolute Gasteiger partial charge is 0.253 e. The first-order chi connectivity index (χ1) is 11.0. The van der Waals surface area contributed by atoms with E-state index in [0.717, 1.165) is 18.4 Å². The van der Waals surface area contributed by atoms with E-state index in [1.165, 1.54) is 18.2 Å². The number of halogens is 2. The number of rotatable bonds is 2. The summed E-state index contributed by atoms with van der Waals surface area (Å²) in [4.78, 5) is 14.3. The highest BCUT2D eigenvalue weighted by molar-refractivity contribution is 6.33. The number of benzene rings is 2. The van der Waals surface area contributed by atoms with Crippen molar-refractivity contribution in [3.8, 4) is 11.1 Å². The summed E-state index contributed by atoms with van der Waals surface area (Å²) in [5, 5.41) is 0.482. The number of nitrogens with two attached hydrogens (primary N) is 1. The van der Waals surface area contributed by atoms with Crippen LogP contribution in [0.1, 0.15) is 23.2 Å². The number of hydrogen-bond acceptors (Lipinski definition) is 2. The maximum absolute atomic E-state index is 13.4. The molecule has 0 aliphatic carbocycles. The molecule has 1 aliphatic heterocycles. The summed E-state index contributed by atoms with van der Waals surface area (Å²) in [7, 11) is 0. The fourth-order valence-electron chi connectivity index (χ4n) is 2.80. The van der Waals surface area contributed by atoms with Crippen LogP contribution in [0.15, 0.2) is 42.5 Å². The molecule has 2 aromatic rings. The van der Waals surface area contributed by atoms with Crippen LogP contribution in [0.3, 0.4) is 0 Å². The third-order valence-electron chi connectivity index (χ3n) is 4.20. The zero-order valence-electron chi connectivity index (χ0n) is 12.6. The van der Waals surface area contributed by atoms with E-state index in [9.17, 15) is 9.18 Å². The lowest BCUT2D eigenvalue weighted by molar-refractivity contribution is 0.0715. The summed E-state index contributed by atoms with van der Waals surface area (Å²) < 4.78 is 13.4. The molecule has 2 N–H and O–H groups in total. The maximum atomic E-state index is 13.4. The van der Waals surface area contributed by atoms with E-state index in [2.05, 4.69) is 0 Å². The Labute approximate surface area is 139 Å². The first kappa shape index (κ1) is 16.0. The van der Waals surface area contributed by atoms with Crippen LogP contribution in [0.25, 0.3) is 11.1 Å². The van der Waals surface area contributed by atoms with Crippen LogP contribution in [0, 0.1) is 5.82 Å². The average molecular weight is 333 g/mol. The van der Waals surface area contributed by atoms with Gasteiger partial charge in [-0.3, -0.25) is 4.79 Å². The Kier molecular flexibility index (Phi) is 4.64. The quantitative estimate of drug-likeness (QED) is 0.911. The van der Waals surface area contributed by atoms with Crippen molar-refractivity contribution in [2.45, 2.75) is 18.9 Å². The van der Waals surface area contributed by atoms with Crippen molar-refractivity contribution in [3.63, 3.8) is 0 Å². The molecule has 1 heterocycles. The highest BCUT2D eigenvalue weighted by atomic mass is 35.5. The molecule has 0 saturated carbocycles. The molecule has 23 heavy (non-hydrogen) atoms. The molecule has 0 atom stereocenters. The van der Waals surface area contributed by atoms with Crippen LogP contribution >= 0.6 is 11.6 Å². The lowest BCUT2D eigenvalue weighted by atomic mass is 10.0. The summed E-state index contributed by atoms with van der Waals surface area (Å²) >= 11 is 6.11. The number of likely N-dealkylation sites (tertiary alicyclic amines) is 1. The van der Waals surface area contributed by atoms with Gasteiger partial charge in [0, 0.05) is 35.3 Å². The molecule has 1 aliphatic rings. The topological polar surface area (TPSA) is 46.3 Å². The second kappa shape index (κ2) is 6.69. The van der Waals surface area contributed by atoms with Crippen molar-refractivity contribution < 1.29 is 9.18 Å². The van der Waals surface area contributed by atoms with E-state index in [4.69, 9.17) is 17.3 Å². The minimum Gasteiger partial charge on any atom is -0.339 e. The molecule has 5 heteroatoms. The largest absolute Gasteiger partial charge is 0.339 e. The van der Waals surface area contributed by atoms with Crippen LogP contribution in [-0.4, -0.2) is 29.9 Å². The lowest BCUT2D eigenvalue weighted by Crippen LogP contribution is -2.42. The van der Waals surface area contributed by atoms with Crippen LogP contribution < -0.4 is 5.73 Å². The van der Waals surface area contributed by atoms with E-state index in [0.29, 0.717) is 29.2 Å². The molecule has 1 fully saturated rings. The van der Waals surface area contributed by atoms with Gasteiger partial charge in [0.15, 0.2) is 0 Å². The predicted octanol–water partition coefficient (Wildman–Crippen LogP) is 3.71. The van der Waals surface area contributed by atoms with Gasteiger partial charge in [0.25, 0.3) is 5.91 Å². The minimum atomic E-state index is -0.339. The Balaban J connectivity index is 1.79. The van der Waals surface area contributed by atoms with E-state index in [-0.39, 0.29) is 17.8 Å². The van der Waals surface area contributed by atoms with Crippen molar-refractivity contribution >= 4 is 17.5 Å². The SMILES string of the molecule is NC1CCN(C(=O)c2ccc(-c3cc(F)ccc3Cl)cc2)CC1. The van der Waals surface area contributed by atoms with Gasteiger partial charge >= 0.3 is 0 Å². The number of nitrogens with zero attached hydrogens (tertiary/aromatic N) is 1. The number of carbonyl (C=O) groups is 1. The van der Waals surface area contributed by atoms with Gasteiger partial charge in [-0.15, -0.1) is 0 Å². The predicted molar refractivity (Wildman–Crippen MR) is 90.0 cm³/mol. The molecule has 1 saturated heterocycles. The normalized spacial score (nSPS) is 15.7. The van der Waals surface area contributed by atoms with Gasteiger partial charge in [-0.25, -0.2) is 4.39 Å². The standard InChI is InChI=1S/C18H18ClFN2O/c19-17-6-5-14(20)11-16(17)12-1-3-13(4-2-12)18(23)22-9-7-15(21)8-10-22/h1-6,11,15H,7-10,21H2. The number of hydrogen-bond donors (Lipinski definition) is 1. The summed E-state index contributed by atoms with van der Waals surface area (Å²) in [5.41, 5.74) is 7.89. The van der Waals surface area contributed by atoms with Crippen molar-refractivity contribution in [1.82, 2.24) is 4.90 Å². The highest BCUT2D eigenvalue weighted by Gasteiger charge is 2.21. The maximum Gasteiger partial charge on any atom is 0.253 e. The molecule has 0 spiro atoms. The first-order valence-corrected chi connectivity index (χ1v) is 8.03. The Morgan fingerprint density at radius 2 is 1.78 bits per heavy atom. The molecule has 0 unspecified atom stereocenters. The second-order valence-electron chi connectivity index (χ2n) is 5.83.